The van der Waals surface area contributed by atoms with E-state index in [-0.39, 0.29) is 5.97 Å². The van der Waals surface area contributed by atoms with Crippen molar-refractivity contribution < 1.29 is 19.1 Å². The number of anilines is 1. The first-order valence-electron chi connectivity index (χ1n) is 9.88. The molecular formula is C23H28N2O4. The molecule has 0 aromatic heterocycles. The van der Waals surface area contributed by atoms with E-state index in [4.69, 9.17) is 9.47 Å². The predicted molar refractivity (Wildman–Crippen MR) is 112 cm³/mol. The van der Waals surface area contributed by atoms with Crippen LogP contribution in [-0.2, 0) is 20.7 Å². The van der Waals surface area contributed by atoms with Crippen molar-refractivity contribution in [3.05, 3.63) is 65.7 Å². The molecule has 1 N–H and O–H groups in total. The van der Waals surface area contributed by atoms with Crippen molar-refractivity contribution in [2.75, 3.05) is 39.2 Å². The fourth-order valence-electron chi connectivity index (χ4n) is 3.80. The molecule has 2 aromatic rings. The maximum Gasteiger partial charge on any atom is 0.339 e. The molecule has 2 aromatic carbocycles. The Balaban J connectivity index is 1.70. The first-order valence-corrected chi connectivity index (χ1v) is 9.88. The van der Waals surface area contributed by atoms with Crippen LogP contribution >= 0.6 is 0 Å². The molecule has 0 saturated carbocycles. The van der Waals surface area contributed by atoms with Crippen LogP contribution in [0.5, 0.6) is 0 Å². The van der Waals surface area contributed by atoms with Crippen LogP contribution in [0, 0.1) is 0 Å². The normalized spacial score (nSPS) is 16.1. The number of esters is 2. The molecule has 0 aliphatic carbocycles. The number of piperidine rings is 1. The summed E-state index contributed by atoms with van der Waals surface area (Å²) in [6, 6.07) is 17.5. The van der Waals surface area contributed by atoms with E-state index in [1.54, 1.807) is 18.2 Å². The van der Waals surface area contributed by atoms with Gasteiger partial charge in [0.25, 0.3) is 0 Å². The van der Waals surface area contributed by atoms with Gasteiger partial charge in [-0.25, -0.2) is 9.59 Å². The second kappa shape index (κ2) is 9.56. The molecule has 0 unspecified atom stereocenters. The molecule has 0 bridgehead atoms. The Morgan fingerprint density at radius 1 is 0.966 bits per heavy atom. The zero-order valence-electron chi connectivity index (χ0n) is 17.0. The molecular weight excluding hydrogens is 368 g/mol. The van der Waals surface area contributed by atoms with Gasteiger partial charge in [0.1, 0.15) is 5.54 Å². The van der Waals surface area contributed by atoms with Crippen molar-refractivity contribution in [2.24, 2.45) is 0 Å². The summed E-state index contributed by atoms with van der Waals surface area (Å²) in [6.07, 6.45) is 2.18. The highest BCUT2D eigenvalue weighted by Gasteiger charge is 2.43. The minimum Gasteiger partial charge on any atom is -0.467 e. The van der Waals surface area contributed by atoms with Gasteiger partial charge in [-0.15, -0.1) is 0 Å². The van der Waals surface area contributed by atoms with Crippen LogP contribution < -0.4 is 5.32 Å². The molecule has 0 radical (unpaired) electrons. The topological polar surface area (TPSA) is 67.9 Å². The Bertz CT molecular complexity index is 830. The fraction of sp³-hybridized carbons (Fsp3) is 0.391. The van der Waals surface area contributed by atoms with Gasteiger partial charge in [0.15, 0.2) is 0 Å². The molecule has 1 aliphatic rings. The Hall–Kier alpha value is -2.86. The van der Waals surface area contributed by atoms with Crippen molar-refractivity contribution in [1.29, 1.82) is 0 Å². The summed E-state index contributed by atoms with van der Waals surface area (Å²) < 4.78 is 9.99. The lowest BCUT2D eigenvalue weighted by Crippen LogP contribution is -2.55. The lowest BCUT2D eigenvalue weighted by Gasteiger charge is -2.41. The Morgan fingerprint density at radius 3 is 2.28 bits per heavy atom. The number of carbonyl (C=O) groups is 2. The average Bonchev–Trinajstić information content (AvgIpc) is 2.78. The SMILES string of the molecule is COC(=O)c1ccccc1NC1(C(=O)OC)CCN(CCc2ccccc2)CC1. The van der Waals surface area contributed by atoms with Gasteiger partial charge >= 0.3 is 11.9 Å². The van der Waals surface area contributed by atoms with E-state index in [9.17, 15) is 9.59 Å². The zero-order chi connectivity index (χ0) is 20.7. The van der Waals surface area contributed by atoms with Crippen molar-refractivity contribution in [3.8, 4) is 0 Å². The number of nitrogens with zero attached hydrogens (tertiary/aromatic N) is 1. The zero-order valence-corrected chi connectivity index (χ0v) is 17.0. The highest BCUT2D eigenvalue weighted by molar-refractivity contribution is 5.97. The number of ether oxygens (including phenoxy) is 2. The number of benzene rings is 2. The van der Waals surface area contributed by atoms with Crippen LogP contribution in [0.2, 0.25) is 0 Å². The Morgan fingerprint density at radius 2 is 1.62 bits per heavy atom. The van der Waals surface area contributed by atoms with Gasteiger partial charge in [-0.05, 0) is 37.0 Å². The van der Waals surface area contributed by atoms with Crippen molar-refractivity contribution >= 4 is 17.6 Å². The van der Waals surface area contributed by atoms with E-state index < -0.39 is 11.5 Å². The third kappa shape index (κ3) is 4.95. The minimum atomic E-state index is -0.859. The van der Waals surface area contributed by atoms with Crippen molar-refractivity contribution in [1.82, 2.24) is 4.90 Å². The molecule has 29 heavy (non-hydrogen) atoms. The van der Waals surface area contributed by atoms with Gasteiger partial charge in [-0.1, -0.05) is 42.5 Å². The summed E-state index contributed by atoms with van der Waals surface area (Å²) in [7, 11) is 2.75. The molecule has 3 rings (SSSR count). The molecule has 1 fully saturated rings. The lowest BCUT2D eigenvalue weighted by atomic mass is 9.86. The molecule has 6 heteroatoms. The van der Waals surface area contributed by atoms with E-state index in [1.807, 2.05) is 12.1 Å². The summed E-state index contributed by atoms with van der Waals surface area (Å²) >= 11 is 0. The number of para-hydroxylation sites is 1. The standard InChI is InChI=1S/C23H28N2O4/c1-28-21(26)19-10-6-7-11-20(19)24-23(22(27)29-2)13-16-25(17-14-23)15-12-18-8-4-3-5-9-18/h3-11,24H,12-17H2,1-2H3. The number of rotatable bonds is 7. The van der Waals surface area contributed by atoms with Gasteiger partial charge < -0.3 is 19.7 Å². The first-order chi connectivity index (χ1) is 14.1. The number of likely N-dealkylation sites (tertiary alicyclic amines) is 1. The molecule has 154 valence electrons. The fourth-order valence-corrected chi connectivity index (χ4v) is 3.80. The second-order valence-electron chi connectivity index (χ2n) is 7.31. The first kappa shape index (κ1) is 20.9. The molecule has 1 heterocycles. The summed E-state index contributed by atoms with van der Waals surface area (Å²) in [6.45, 7) is 2.49. The van der Waals surface area contributed by atoms with Gasteiger partial charge in [-0.2, -0.15) is 0 Å². The van der Waals surface area contributed by atoms with Crippen LogP contribution in [-0.4, -0.2) is 56.2 Å². The van der Waals surface area contributed by atoms with Gasteiger partial charge in [0.05, 0.1) is 19.8 Å². The molecule has 1 saturated heterocycles. The third-order valence-corrected chi connectivity index (χ3v) is 5.55. The van der Waals surface area contributed by atoms with Gasteiger partial charge in [0, 0.05) is 25.3 Å². The molecule has 1 aliphatic heterocycles. The molecule has 0 amide bonds. The predicted octanol–water partition coefficient (Wildman–Crippen LogP) is 3.14. The van der Waals surface area contributed by atoms with E-state index in [0.717, 1.165) is 26.1 Å². The summed E-state index contributed by atoms with van der Waals surface area (Å²) in [5, 5.41) is 3.32. The average molecular weight is 396 g/mol. The molecule has 0 spiro atoms. The maximum atomic E-state index is 12.7. The van der Waals surface area contributed by atoms with E-state index in [0.29, 0.717) is 24.1 Å². The number of hydrogen-bond acceptors (Lipinski definition) is 6. The van der Waals surface area contributed by atoms with Crippen LogP contribution in [0.25, 0.3) is 0 Å². The van der Waals surface area contributed by atoms with Crippen molar-refractivity contribution in [3.63, 3.8) is 0 Å². The summed E-state index contributed by atoms with van der Waals surface area (Å²) in [4.78, 5) is 27.2. The smallest absolute Gasteiger partial charge is 0.339 e. The largest absolute Gasteiger partial charge is 0.467 e. The lowest BCUT2D eigenvalue weighted by molar-refractivity contribution is -0.147. The Kier molecular flexibility index (Phi) is 6.88. The molecule has 0 atom stereocenters. The van der Waals surface area contributed by atoms with Crippen LogP contribution in [0.3, 0.4) is 0 Å². The number of hydrogen-bond donors (Lipinski definition) is 1. The van der Waals surface area contributed by atoms with E-state index >= 15 is 0 Å². The Labute approximate surface area is 171 Å². The number of nitrogens with one attached hydrogen (secondary N) is 1. The third-order valence-electron chi connectivity index (χ3n) is 5.55. The number of carbonyl (C=O) groups excluding carboxylic acids is 2. The second-order valence-corrected chi connectivity index (χ2v) is 7.31. The summed E-state index contributed by atoms with van der Waals surface area (Å²) in [5.74, 6) is -0.742. The van der Waals surface area contributed by atoms with Gasteiger partial charge in [0.2, 0.25) is 0 Å². The quantitative estimate of drug-likeness (QED) is 0.726. The van der Waals surface area contributed by atoms with E-state index in [2.05, 4.69) is 34.5 Å². The van der Waals surface area contributed by atoms with E-state index in [1.165, 1.54) is 19.8 Å². The van der Waals surface area contributed by atoms with Crippen molar-refractivity contribution in [2.45, 2.75) is 24.8 Å². The van der Waals surface area contributed by atoms with Crippen LogP contribution in [0.1, 0.15) is 28.8 Å². The maximum absolute atomic E-state index is 12.7. The minimum absolute atomic E-state index is 0.306. The molecule has 6 nitrogen and oxygen atoms in total. The monoisotopic (exact) mass is 396 g/mol. The van der Waals surface area contributed by atoms with Crippen LogP contribution in [0.4, 0.5) is 5.69 Å². The van der Waals surface area contributed by atoms with Gasteiger partial charge in [-0.3, -0.25) is 0 Å². The summed E-state index contributed by atoms with van der Waals surface area (Å²) in [5.41, 5.74) is 1.44. The highest BCUT2D eigenvalue weighted by Crippen LogP contribution is 2.30. The highest BCUT2D eigenvalue weighted by atomic mass is 16.5. The number of methoxy groups -OCH3 is 2. The van der Waals surface area contributed by atoms with Crippen LogP contribution in [0.15, 0.2) is 54.6 Å².